The van der Waals surface area contributed by atoms with Crippen molar-refractivity contribution in [3.8, 4) is 0 Å². The highest BCUT2D eigenvalue weighted by Gasteiger charge is 2.31. The van der Waals surface area contributed by atoms with Gasteiger partial charge in [-0.2, -0.15) is 4.72 Å². The van der Waals surface area contributed by atoms with Crippen LogP contribution in [0.15, 0.2) is 17.0 Å². The maximum Gasteiger partial charge on any atom is 0.324 e. The van der Waals surface area contributed by atoms with E-state index in [1.807, 2.05) is 32.9 Å². The lowest BCUT2D eigenvalue weighted by atomic mass is 10.0. The molecule has 0 aromatic heterocycles. The van der Waals surface area contributed by atoms with E-state index in [1.54, 1.807) is 13.8 Å². The van der Waals surface area contributed by atoms with Crippen LogP contribution in [0.4, 0.5) is 0 Å². The Balaban J connectivity index is 3.27. The first-order chi connectivity index (χ1) is 10.1. The number of sulfonamides is 1. The minimum atomic E-state index is -3.80. The molecule has 0 fully saturated rings. The molecule has 0 amide bonds. The highest BCUT2D eigenvalue weighted by atomic mass is 32.2. The molecule has 0 heterocycles. The number of aryl methyl sites for hydroxylation is 3. The van der Waals surface area contributed by atoms with E-state index in [4.69, 9.17) is 4.74 Å². The summed E-state index contributed by atoms with van der Waals surface area (Å²) in [6, 6.07) is 2.75. The van der Waals surface area contributed by atoms with Gasteiger partial charge in [0.2, 0.25) is 10.0 Å². The van der Waals surface area contributed by atoms with Gasteiger partial charge in [-0.25, -0.2) is 8.42 Å². The quantitative estimate of drug-likeness (QED) is 0.815. The molecule has 0 saturated heterocycles. The number of nitrogens with one attached hydrogen (secondary N) is 1. The van der Waals surface area contributed by atoms with Gasteiger partial charge in [0.25, 0.3) is 0 Å². The minimum Gasteiger partial charge on any atom is -0.468 e. The zero-order valence-electron chi connectivity index (χ0n) is 14.1. The third-order valence-corrected chi connectivity index (χ3v) is 5.57. The van der Waals surface area contributed by atoms with Crippen LogP contribution in [0.25, 0.3) is 0 Å². The molecular formula is C16H25NO4S. The zero-order valence-corrected chi connectivity index (χ0v) is 14.9. The van der Waals surface area contributed by atoms with Crippen molar-refractivity contribution >= 4 is 16.0 Å². The number of carbonyl (C=O) groups is 1. The van der Waals surface area contributed by atoms with E-state index >= 15 is 0 Å². The summed E-state index contributed by atoms with van der Waals surface area (Å²) in [5.41, 5.74) is 2.33. The Kier molecular flexibility index (Phi) is 6.14. The average molecular weight is 327 g/mol. The number of benzene rings is 1. The van der Waals surface area contributed by atoms with Crippen molar-refractivity contribution in [3.05, 3.63) is 28.8 Å². The molecule has 0 aliphatic rings. The van der Waals surface area contributed by atoms with Gasteiger partial charge in [0.1, 0.15) is 6.04 Å². The molecule has 1 aromatic carbocycles. The van der Waals surface area contributed by atoms with Gasteiger partial charge in [-0.15, -0.1) is 0 Å². The Labute approximate surface area is 133 Å². The van der Waals surface area contributed by atoms with Crippen molar-refractivity contribution in [2.24, 2.45) is 5.92 Å². The number of esters is 1. The van der Waals surface area contributed by atoms with Crippen LogP contribution >= 0.6 is 0 Å². The molecule has 0 bridgehead atoms. The van der Waals surface area contributed by atoms with E-state index in [0.717, 1.165) is 5.56 Å². The predicted molar refractivity (Wildman–Crippen MR) is 86.2 cm³/mol. The smallest absolute Gasteiger partial charge is 0.324 e. The predicted octanol–water partition coefficient (Wildman–Crippen LogP) is 2.48. The Morgan fingerprint density at radius 1 is 1.23 bits per heavy atom. The molecule has 0 unspecified atom stereocenters. The second kappa shape index (κ2) is 7.24. The van der Waals surface area contributed by atoms with E-state index in [0.29, 0.717) is 17.5 Å². The Morgan fingerprint density at radius 3 is 2.14 bits per heavy atom. The number of ether oxygens (including phenoxy) is 1. The van der Waals surface area contributed by atoms with Crippen molar-refractivity contribution in [1.82, 2.24) is 4.72 Å². The highest BCUT2D eigenvalue weighted by molar-refractivity contribution is 7.89. The Bertz CT molecular complexity index is 629. The van der Waals surface area contributed by atoms with Crippen LogP contribution < -0.4 is 4.72 Å². The van der Waals surface area contributed by atoms with Crippen LogP contribution in [-0.2, 0) is 19.6 Å². The number of hydrogen-bond acceptors (Lipinski definition) is 4. The lowest BCUT2D eigenvalue weighted by Crippen LogP contribution is -2.45. The minimum absolute atomic E-state index is 0.159. The standard InChI is InChI=1S/C16H25NO4S/c1-7-11(3)14(16(18)21-6)17-22(19,20)15-12(4)8-10(2)9-13(15)5/h8-9,11,14,17H,7H2,1-6H3/t11-,14-/m1/s1. The monoisotopic (exact) mass is 327 g/mol. The van der Waals surface area contributed by atoms with Crippen LogP contribution in [0.3, 0.4) is 0 Å². The molecule has 1 aromatic rings. The van der Waals surface area contributed by atoms with Crippen LogP contribution in [-0.4, -0.2) is 27.5 Å². The summed E-state index contributed by atoms with van der Waals surface area (Å²) in [5.74, 6) is -0.728. The topological polar surface area (TPSA) is 72.5 Å². The summed E-state index contributed by atoms with van der Waals surface area (Å²) in [6.07, 6.45) is 0.661. The van der Waals surface area contributed by atoms with E-state index in [1.165, 1.54) is 7.11 Å². The highest BCUT2D eigenvalue weighted by Crippen LogP contribution is 2.23. The van der Waals surface area contributed by atoms with Gasteiger partial charge in [0.05, 0.1) is 12.0 Å². The van der Waals surface area contributed by atoms with Crippen LogP contribution in [0, 0.1) is 26.7 Å². The third kappa shape index (κ3) is 4.08. The number of rotatable bonds is 6. The number of methoxy groups -OCH3 is 1. The maximum absolute atomic E-state index is 12.7. The molecule has 2 atom stereocenters. The molecular weight excluding hydrogens is 302 g/mol. The molecule has 0 aliphatic carbocycles. The Morgan fingerprint density at radius 2 is 1.73 bits per heavy atom. The van der Waals surface area contributed by atoms with E-state index in [-0.39, 0.29) is 10.8 Å². The first kappa shape index (κ1) is 18.6. The summed E-state index contributed by atoms with van der Waals surface area (Å²) >= 11 is 0. The Hall–Kier alpha value is -1.40. The lowest BCUT2D eigenvalue weighted by molar-refractivity contribution is -0.143. The second-order valence-corrected chi connectivity index (χ2v) is 7.39. The summed E-state index contributed by atoms with van der Waals surface area (Å²) in [5, 5.41) is 0. The molecule has 5 nitrogen and oxygen atoms in total. The normalized spacial score (nSPS) is 14.5. The van der Waals surface area contributed by atoms with Crippen molar-refractivity contribution in [2.45, 2.75) is 52.0 Å². The van der Waals surface area contributed by atoms with E-state index in [2.05, 4.69) is 4.72 Å². The van der Waals surface area contributed by atoms with Gasteiger partial charge in [-0.05, 0) is 37.8 Å². The molecule has 1 rings (SSSR count). The number of hydrogen-bond donors (Lipinski definition) is 1. The SMILES string of the molecule is CC[C@@H](C)[C@@H](NS(=O)(=O)c1c(C)cc(C)cc1C)C(=O)OC. The van der Waals surface area contributed by atoms with Crippen LogP contribution in [0.2, 0.25) is 0 Å². The van der Waals surface area contributed by atoms with Crippen LogP contribution in [0.1, 0.15) is 37.0 Å². The summed E-state index contributed by atoms with van der Waals surface area (Å²) in [7, 11) is -2.54. The summed E-state index contributed by atoms with van der Waals surface area (Å²) < 4.78 is 32.7. The third-order valence-electron chi connectivity index (χ3n) is 3.82. The average Bonchev–Trinajstić information content (AvgIpc) is 2.41. The zero-order chi connectivity index (χ0) is 17.1. The molecule has 0 spiro atoms. The van der Waals surface area contributed by atoms with Crippen molar-refractivity contribution in [1.29, 1.82) is 0 Å². The van der Waals surface area contributed by atoms with E-state index < -0.39 is 22.0 Å². The van der Waals surface area contributed by atoms with E-state index in [9.17, 15) is 13.2 Å². The van der Waals surface area contributed by atoms with Gasteiger partial charge < -0.3 is 4.74 Å². The van der Waals surface area contributed by atoms with Crippen molar-refractivity contribution in [2.75, 3.05) is 7.11 Å². The molecule has 6 heteroatoms. The maximum atomic E-state index is 12.7. The molecule has 22 heavy (non-hydrogen) atoms. The van der Waals surface area contributed by atoms with Gasteiger partial charge in [0, 0.05) is 0 Å². The fraction of sp³-hybridized carbons (Fsp3) is 0.562. The summed E-state index contributed by atoms with van der Waals surface area (Å²) in [4.78, 5) is 12.1. The van der Waals surface area contributed by atoms with Gasteiger partial charge >= 0.3 is 5.97 Å². The first-order valence-corrected chi connectivity index (χ1v) is 8.80. The molecule has 0 radical (unpaired) electrons. The lowest BCUT2D eigenvalue weighted by Gasteiger charge is -2.23. The number of carbonyl (C=O) groups excluding carboxylic acids is 1. The van der Waals surface area contributed by atoms with Crippen molar-refractivity contribution < 1.29 is 17.9 Å². The van der Waals surface area contributed by atoms with Gasteiger partial charge in [-0.1, -0.05) is 38.0 Å². The van der Waals surface area contributed by atoms with Gasteiger partial charge in [-0.3, -0.25) is 4.79 Å². The molecule has 0 aliphatic heterocycles. The fourth-order valence-corrected chi connectivity index (χ4v) is 4.32. The molecule has 1 N–H and O–H groups in total. The summed E-state index contributed by atoms with van der Waals surface area (Å²) in [6.45, 7) is 9.15. The molecule has 124 valence electrons. The van der Waals surface area contributed by atoms with Gasteiger partial charge in [0.15, 0.2) is 0 Å². The fourth-order valence-electron chi connectivity index (χ4n) is 2.58. The first-order valence-electron chi connectivity index (χ1n) is 7.32. The second-order valence-electron chi connectivity index (χ2n) is 5.74. The van der Waals surface area contributed by atoms with Crippen LogP contribution in [0.5, 0.6) is 0 Å². The molecule has 0 saturated carbocycles. The largest absolute Gasteiger partial charge is 0.468 e. The van der Waals surface area contributed by atoms with Crippen molar-refractivity contribution in [3.63, 3.8) is 0 Å².